The minimum Gasteiger partial charge on any atom is -0.462 e. The fourth-order valence-electron chi connectivity index (χ4n) is 1.06. The quantitative estimate of drug-likeness (QED) is 0.547. The minimum absolute atomic E-state index is 0.0615. The first-order valence-electron chi connectivity index (χ1n) is 4.91. The van der Waals surface area contributed by atoms with Crippen molar-refractivity contribution in [2.75, 3.05) is 6.61 Å². The Kier molecular flexibility index (Phi) is 4.54. The number of esters is 1. The Balaban J connectivity index is 2.34. The Morgan fingerprint density at radius 3 is 2.67 bits per heavy atom. The summed E-state index contributed by atoms with van der Waals surface area (Å²) in [7, 11) is 0. The first-order chi connectivity index (χ1) is 7.24. The number of hydrogen-bond acceptors (Lipinski definition) is 3. The van der Waals surface area contributed by atoms with Gasteiger partial charge in [0.2, 0.25) is 0 Å². The van der Waals surface area contributed by atoms with Gasteiger partial charge in [0.15, 0.2) is 0 Å². The maximum absolute atomic E-state index is 11.4. The maximum atomic E-state index is 11.4. The van der Waals surface area contributed by atoms with Gasteiger partial charge in [0, 0.05) is 5.92 Å². The highest BCUT2D eigenvalue weighted by molar-refractivity contribution is 5.89. The highest BCUT2D eigenvalue weighted by Crippen LogP contribution is 2.03. The van der Waals surface area contributed by atoms with Crippen LogP contribution in [-0.2, 0) is 9.53 Å². The second kappa shape index (κ2) is 5.96. The van der Waals surface area contributed by atoms with Crippen molar-refractivity contribution in [3.05, 3.63) is 35.9 Å². The van der Waals surface area contributed by atoms with Crippen LogP contribution in [0.3, 0.4) is 0 Å². The van der Waals surface area contributed by atoms with Gasteiger partial charge in [0.25, 0.3) is 0 Å². The van der Waals surface area contributed by atoms with Gasteiger partial charge in [-0.2, -0.15) is 0 Å². The van der Waals surface area contributed by atoms with E-state index in [1.807, 2.05) is 6.07 Å². The highest BCUT2D eigenvalue weighted by Gasteiger charge is 2.06. The van der Waals surface area contributed by atoms with E-state index in [-0.39, 0.29) is 18.5 Å². The van der Waals surface area contributed by atoms with Crippen molar-refractivity contribution in [3.63, 3.8) is 0 Å². The van der Waals surface area contributed by atoms with E-state index in [1.54, 1.807) is 31.2 Å². The second-order valence-corrected chi connectivity index (χ2v) is 3.40. The monoisotopic (exact) mass is 206 g/mol. The molecule has 0 unspecified atom stereocenters. The molecular formula is C12H14O3. The van der Waals surface area contributed by atoms with Crippen LogP contribution in [0.25, 0.3) is 0 Å². The van der Waals surface area contributed by atoms with Crippen molar-refractivity contribution in [1.82, 2.24) is 0 Å². The second-order valence-electron chi connectivity index (χ2n) is 3.40. The molecule has 0 saturated heterocycles. The standard InChI is InChI=1S/C12H14O3/c1-10(9-13)7-8-15-12(14)11-5-3-2-4-6-11/h2-6,9-10H,7-8H2,1H3/t10-/m0/s1. The van der Waals surface area contributed by atoms with Crippen molar-refractivity contribution in [1.29, 1.82) is 0 Å². The van der Waals surface area contributed by atoms with Crippen molar-refractivity contribution in [2.24, 2.45) is 5.92 Å². The molecule has 0 aliphatic rings. The SMILES string of the molecule is C[C@H](C=O)CCOC(=O)c1ccccc1. The molecule has 0 heterocycles. The highest BCUT2D eigenvalue weighted by atomic mass is 16.5. The fraction of sp³-hybridized carbons (Fsp3) is 0.333. The fourth-order valence-corrected chi connectivity index (χ4v) is 1.06. The van der Waals surface area contributed by atoms with E-state index >= 15 is 0 Å². The molecule has 0 fully saturated rings. The zero-order valence-corrected chi connectivity index (χ0v) is 8.68. The lowest BCUT2D eigenvalue weighted by atomic mass is 10.1. The molecule has 1 atom stereocenters. The van der Waals surface area contributed by atoms with E-state index in [0.717, 1.165) is 6.29 Å². The lowest BCUT2D eigenvalue weighted by molar-refractivity contribution is -0.111. The Hall–Kier alpha value is -1.64. The van der Waals surface area contributed by atoms with Gasteiger partial charge in [0.05, 0.1) is 12.2 Å². The van der Waals surface area contributed by atoms with Crippen LogP contribution in [0.1, 0.15) is 23.7 Å². The maximum Gasteiger partial charge on any atom is 0.338 e. The third-order valence-corrected chi connectivity index (χ3v) is 2.05. The number of carbonyl (C=O) groups excluding carboxylic acids is 2. The van der Waals surface area contributed by atoms with Crippen LogP contribution in [-0.4, -0.2) is 18.9 Å². The summed E-state index contributed by atoms with van der Waals surface area (Å²) < 4.78 is 5.00. The largest absolute Gasteiger partial charge is 0.462 e. The van der Waals surface area contributed by atoms with E-state index in [4.69, 9.17) is 4.74 Å². The third-order valence-electron chi connectivity index (χ3n) is 2.05. The van der Waals surface area contributed by atoms with Gasteiger partial charge in [-0.25, -0.2) is 4.79 Å². The van der Waals surface area contributed by atoms with Crippen molar-refractivity contribution in [2.45, 2.75) is 13.3 Å². The predicted octanol–water partition coefficient (Wildman–Crippen LogP) is 2.07. The summed E-state index contributed by atoms with van der Waals surface area (Å²) in [5, 5.41) is 0. The number of ether oxygens (including phenoxy) is 1. The molecular weight excluding hydrogens is 192 g/mol. The molecule has 0 bridgehead atoms. The molecule has 3 heteroatoms. The molecule has 0 saturated carbocycles. The smallest absolute Gasteiger partial charge is 0.338 e. The van der Waals surface area contributed by atoms with E-state index in [1.165, 1.54) is 0 Å². The summed E-state index contributed by atoms with van der Waals surface area (Å²) in [4.78, 5) is 21.7. The number of benzene rings is 1. The summed E-state index contributed by atoms with van der Waals surface area (Å²) in [5.74, 6) is -0.401. The zero-order chi connectivity index (χ0) is 11.1. The molecule has 0 N–H and O–H groups in total. The molecule has 1 rings (SSSR count). The number of aldehydes is 1. The summed E-state index contributed by atoms with van der Waals surface area (Å²) in [5.41, 5.74) is 0.538. The Morgan fingerprint density at radius 2 is 2.07 bits per heavy atom. The Bertz CT molecular complexity index is 319. The Labute approximate surface area is 89.1 Å². The lowest BCUT2D eigenvalue weighted by Gasteiger charge is -2.05. The average molecular weight is 206 g/mol. The molecule has 0 aliphatic carbocycles. The first-order valence-corrected chi connectivity index (χ1v) is 4.91. The van der Waals surface area contributed by atoms with Gasteiger partial charge >= 0.3 is 5.97 Å². The zero-order valence-electron chi connectivity index (χ0n) is 8.68. The molecule has 0 aromatic heterocycles. The van der Waals surface area contributed by atoms with Gasteiger partial charge in [-0.3, -0.25) is 0 Å². The predicted molar refractivity (Wildman–Crippen MR) is 56.6 cm³/mol. The minimum atomic E-state index is -0.339. The summed E-state index contributed by atoms with van der Waals surface area (Å²) >= 11 is 0. The van der Waals surface area contributed by atoms with E-state index < -0.39 is 0 Å². The molecule has 3 nitrogen and oxygen atoms in total. The molecule has 15 heavy (non-hydrogen) atoms. The van der Waals surface area contributed by atoms with Crippen molar-refractivity contribution < 1.29 is 14.3 Å². The molecule has 0 spiro atoms. The van der Waals surface area contributed by atoms with Crippen LogP contribution >= 0.6 is 0 Å². The van der Waals surface area contributed by atoms with Gasteiger partial charge in [-0.1, -0.05) is 25.1 Å². The number of hydrogen-bond donors (Lipinski definition) is 0. The van der Waals surface area contributed by atoms with Gasteiger partial charge in [0.1, 0.15) is 6.29 Å². The van der Waals surface area contributed by atoms with Crippen LogP contribution < -0.4 is 0 Å². The molecule has 1 aromatic rings. The number of rotatable bonds is 5. The van der Waals surface area contributed by atoms with Crippen LogP contribution in [0.2, 0.25) is 0 Å². The van der Waals surface area contributed by atoms with Crippen LogP contribution in [0.4, 0.5) is 0 Å². The molecule has 1 aromatic carbocycles. The number of carbonyl (C=O) groups is 2. The topological polar surface area (TPSA) is 43.4 Å². The van der Waals surface area contributed by atoms with Crippen LogP contribution in [0.5, 0.6) is 0 Å². The van der Waals surface area contributed by atoms with Crippen molar-refractivity contribution in [3.8, 4) is 0 Å². The normalized spacial score (nSPS) is 11.8. The van der Waals surface area contributed by atoms with E-state index in [0.29, 0.717) is 12.0 Å². The molecule has 0 aliphatic heterocycles. The van der Waals surface area contributed by atoms with E-state index in [2.05, 4.69) is 0 Å². The third kappa shape index (κ3) is 3.94. The summed E-state index contributed by atoms with van der Waals surface area (Å²) in [6.45, 7) is 2.08. The molecule has 0 amide bonds. The first kappa shape index (κ1) is 11.4. The molecule has 0 radical (unpaired) electrons. The van der Waals surface area contributed by atoms with Crippen molar-refractivity contribution >= 4 is 12.3 Å². The van der Waals surface area contributed by atoms with Gasteiger partial charge in [-0.15, -0.1) is 0 Å². The van der Waals surface area contributed by atoms with Crippen LogP contribution in [0, 0.1) is 5.92 Å². The van der Waals surface area contributed by atoms with Gasteiger partial charge in [-0.05, 0) is 18.6 Å². The average Bonchev–Trinajstić information content (AvgIpc) is 2.29. The summed E-state index contributed by atoms with van der Waals surface area (Å²) in [6, 6.07) is 8.80. The van der Waals surface area contributed by atoms with Crippen LogP contribution in [0.15, 0.2) is 30.3 Å². The lowest BCUT2D eigenvalue weighted by Crippen LogP contribution is -2.09. The summed E-state index contributed by atoms with van der Waals surface area (Å²) in [6.07, 6.45) is 1.43. The molecule has 80 valence electrons. The van der Waals surface area contributed by atoms with Gasteiger partial charge < -0.3 is 9.53 Å². The van der Waals surface area contributed by atoms with E-state index in [9.17, 15) is 9.59 Å². The Morgan fingerprint density at radius 1 is 1.40 bits per heavy atom.